The Bertz CT molecular complexity index is 1270. The van der Waals surface area contributed by atoms with Crippen molar-refractivity contribution >= 4 is 27.7 Å². The largest absolute Gasteiger partial charge is 0.419 e. The Morgan fingerprint density at radius 3 is 2.21 bits per heavy atom. The summed E-state index contributed by atoms with van der Waals surface area (Å²) in [5.41, 5.74) is 0.0214. The second-order valence-corrected chi connectivity index (χ2v) is 12.2. The molecule has 2 amide bonds. The maximum atomic E-state index is 14.2. The molecule has 7 nitrogen and oxygen atoms in total. The Hall–Kier alpha value is -2.41. The van der Waals surface area contributed by atoms with E-state index in [0.717, 1.165) is 24.0 Å². The van der Waals surface area contributed by atoms with Crippen LogP contribution in [0.1, 0.15) is 22.6 Å². The van der Waals surface area contributed by atoms with Gasteiger partial charge >= 0.3 is 12.2 Å². The molecule has 2 fully saturated rings. The zero-order valence-corrected chi connectivity index (χ0v) is 22.5. The smallest absolute Gasteiger partial charge is 0.322 e. The Morgan fingerprint density at radius 1 is 1.03 bits per heavy atom. The van der Waals surface area contributed by atoms with E-state index < -0.39 is 27.6 Å². The van der Waals surface area contributed by atoms with E-state index in [1.54, 1.807) is 29.0 Å². The Labute approximate surface area is 224 Å². The third-order valence-corrected chi connectivity index (χ3v) is 8.73. The fourth-order valence-corrected chi connectivity index (χ4v) is 6.08. The topological polar surface area (TPSA) is 64.2 Å². The summed E-state index contributed by atoms with van der Waals surface area (Å²) in [6.45, 7) is 1.92. The Morgan fingerprint density at radius 2 is 1.66 bits per heavy atom. The number of urea groups is 1. The number of hydrogen-bond acceptors (Lipinski definition) is 4. The molecule has 2 unspecified atom stereocenters. The minimum absolute atomic E-state index is 0.127. The lowest BCUT2D eigenvalue weighted by atomic mass is 9.93. The van der Waals surface area contributed by atoms with E-state index in [-0.39, 0.29) is 50.7 Å². The van der Waals surface area contributed by atoms with Crippen LogP contribution in [0.5, 0.6) is 0 Å². The quantitative estimate of drug-likeness (QED) is 0.503. The van der Waals surface area contributed by atoms with E-state index in [9.17, 15) is 30.8 Å². The average molecular weight is 577 g/mol. The molecule has 2 atom stereocenters. The molecule has 2 saturated heterocycles. The highest BCUT2D eigenvalue weighted by Gasteiger charge is 2.41. The molecule has 0 aromatic heterocycles. The van der Waals surface area contributed by atoms with Crippen LogP contribution in [-0.4, -0.2) is 92.1 Å². The molecule has 2 aliphatic heterocycles. The normalized spacial score (nSPS) is 21.4. The predicted octanol–water partition coefficient (Wildman–Crippen LogP) is 4.09. The highest BCUT2D eigenvalue weighted by molar-refractivity contribution is 7.88. The molecule has 2 heterocycles. The van der Waals surface area contributed by atoms with Crippen LogP contribution in [0.3, 0.4) is 0 Å². The van der Waals surface area contributed by atoms with Crippen molar-refractivity contribution in [2.75, 3.05) is 52.6 Å². The second kappa shape index (κ2) is 11.0. The molecule has 0 saturated carbocycles. The zero-order chi connectivity index (χ0) is 27.8. The number of benzene rings is 2. The predicted molar refractivity (Wildman–Crippen MR) is 136 cm³/mol. The van der Waals surface area contributed by atoms with Crippen LogP contribution < -0.4 is 0 Å². The summed E-state index contributed by atoms with van der Waals surface area (Å²) in [5, 5.41) is 0.563. The average Bonchev–Trinajstić information content (AvgIpc) is 3.28. The van der Waals surface area contributed by atoms with Crippen LogP contribution in [0.4, 0.5) is 22.4 Å². The van der Waals surface area contributed by atoms with Crippen molar-refractivity contribution in [3.63, 3.8) is 0 Å². The summed E-state index contributed by atoms with van der Waals surface area (Å²) in [6.07, 6.45) is -3.63. The summed E-state index contributed by atoms with van der Waals surface area (Å²) in [7, 11) is -1.54. The molecule has 2 aromatic carbocycles. The van der Waals surface area contributed by atoms with E-state index in [4.69, 9.17) is 11.6 Å². The molecule has 38 heavy (non-hydrogen) atoms. The highest BCUT2D eigenvalue weighted by atomic mass is 35.5. The van der Waals surface area contributed by atoms with Crippen LogP contribution in [0.15, 0.2) is 42.5 Å². The monoisotopic (exact) mass is 576 g/mol. The first-order chi connectivity index (χ1) is 17.7. The minimum Gasteiger partial charge on any atom is -0.322 e. The number of rotatable bonds is 5. The van der Waals surface area contributed by atoms with Crippen molar-refractivity contribution in [1.29, 1.82) is 0 Å². The molecule has 0 N–H and O–H groups in total. The van der Waals surface area contributed by atoms with Crippen molar-refractivity contribution < 1.29 is 30.8 Å². The molecular weight excluding hydrogens is 548 g/mol. The highest BCUT2D eigenvalue weighted by Crippen LogP contribution is 2.34. The van der Waals surface area contributed by atoms with Gasteiger partial charge in [0.05, 0.1) is 11.8 Å². The molecule has 0 aliphatic carbocycles. The van der Waals surface area contributed by atoms with Gasteiger partial charge in [0.25, 0.3) is 0 Å². The molecule has 13 heteroatoms. The van der Waals surface area contributed by atoms with E-state index >= 15 is 0 Å². The second-order valence-electron chi connectivity index (χ2n) is 9.79. The van der Waals surface area contributed by atoms with Gasteiger partial charge in [-0.05, 0) is 42.4 Å². The van der Waals surface area contributed by atoms with Gasteiger partial charge in [0.15, 0.2) is 0 Å². The molecule has 0 bridgehead atoms. The molecule has 2 aromatic rings. The van der Waals surface area contributed by atoms with Gasteiger partial charge in [-0.2, -0.15) is 17.5 Å². The van der Waals surface area contributed by atoms with E-state index in [0.29, 0.717) is 23.7 Å². The lowest BCUT2D eigenvalue weighted by molar-refractivity contribution is -0.140. The van der Waals surface area contributed by atoms with Crippen molar-refractivity contribution in [3.8, 4) is 0 Å². The number of sulfonamides is 1. The lowest BCUT2D eigenvalue weighted by Crippen LogP contribution is -2.53. The molecular formula is C25H29ClF4N4O3S. The van der Waals surface area contributed by atoms with Gasteiger partial charge in [-0.3, -0.25) is 4.90 Å². The van der Waals surface area contributed by atoms with E-state index in [1.165, 1.54) is 10.4 Å². The maximum absolute atomic E-state index is 14.2. The summed E-state index contributed by atoms with van der Waals surface area (Å²) in [4.78, 5) is 18.6. The first-order valence-corrected chi connectivity index (χ1v) is 14.3. The number of carbonyl (C=O) groups excluding carboxylic acids is 1. The SMILES string of the molecule is CN(Cc1ccc(C(F)(F)F)c(F)c1)C1CN(C(=O)N2CCN(S(C)(=O)=O)CC2)CC1c1ccc(Cl)cc1. The number of likely N-dealkylation sites (N-methyl/N-ethyl adjacent to an activating group) is 1. The fraction of sp³-hybridized carbons (Fsp3) is 0.480. The van der Waals surface area contributed by atoms with Crippen LogP contribution in [0.25, 0.3) is 0 Å². The summed E-state index contributed by atoms with van der Waals surface area (Å²) >= 11 is 6.06. The summed E-state index contributed by atoms with van der Waals surface area (Å²) in [6, 6.07) is 9.78. The summed E-state index contributed by atoms with van der Waals surface area (Å²) in [5.74, 6) is -1.45. The van der Waals surface area contributed by atoms with Crippen LogP contribution in [0, 0.1) is 5.82 Å². The third-order valence-electron chi connectivity index (χ3n) is 7.17. The minimum atomic E-state index is -4.77. The third kappa shape index (κ3) is 6.41. The number of alkyl halides is 3. The number of amides is 2. The number of hydrogen-bond donors (Lipinski definition) is 0. The zero-order valence-electron chi connectivity index (χ0n) is 21.0. The van der Waals surface area contributed by atoms with Crippen LogP contribution in [0.2, 0.25) is 5.02 Å². The molecule has 208 valence electrons. The molecule has 0 spiro atoms. The van der Waals surface area contributed by atoms with E-state index in [1.807, 2.05) is 17.0 Å². The number of carbonyl (C=O) groups is 1. The van der Waals surface area contributed by atoms with Crippen LogP contribution in [-0.2, 0) is 22.7 Å². The molecule has 4 rings (SSSR count). The van der Waals surface area contributed by atoms with Gasteiger partial charge in [0.1, 0.15) is 5.82 Å². The van der Waals surface area contributed by atoms with Gasteiger partial charge in [-0.15, -0.1) is 0 Å². The summed E-state index contributed by atoms with van der Waals surface area (Å²) < 4.78 is 78.1. The molecule has 2 aliphatic rings. The van der Waals surface area contributed by atoms with Gasteiger partial charge in [0, 0.05) is 62.8 Å². The standard InChI is InChI=1S/C25H29ClF4N4O3S/c1-31(14-17-3-8-21(22(27)13-17)25(28,29)30)23-16-33(15-20(23)18-4-6-19(26)7-5-18)24(35)32-9-11-34(12-10-32)38(2,36)37/h3-8,13,20,23H,9-12,14-16H2,1-2H3. The van der Waals surface area contributed by atoms with Gasteiger partial charge in [-0.25, -0.2) is 17.6 Å². The first kappa shape index (κ1) is 28.6. The maximum Gasteiger partial charge on any atom is 0.419 e. The van der Waals surface area contributed by atoms with Gasteiger partial charge in [-0.1, -0.05) is 29.8 Å². The van der Waals surface area contributed by atoms with E-state index in [2.05, 4.69) is 0 Å². The number of nitrogens with zero attached hydrogens (tertiary/aromatic N) is 4. The van der Waals surface area contributed by atoms with Gasteiger partial charge in [0.2, 0.25) is 10.0 Å². The van der Waals surface area contributed by atoms with Gasteiger partial charge < -0.3 is 9.80 Å². The van der Waals surface area contributed by atoms with Crippen molar-refractivity contribution in [3.05, 3.63) is 70.0 Å². The van der Waals surface area contributed by atoms with Crippen molar-refractivity contribution in [2.45, 2.75) is 24.7 Å². The van der Waals surface area contributed by atoms with Crippen molar-refractivity contribution in [1.82, 2.24) is 19.0 Å². The Balaban J connectivity index is 1.51. The lowest BCUT2D eigenvalue weighted by Gasteiger charge is -2.35. The number of likely N-dealkylation sites (tertiary alicyclic amines) is 1. The van der Waals surface area contributed by atoms with Crippen molar-refractivity contribution in [2.24, 2.45) is 0 Å². The fourth-order valence-electron chi connectivity index (χ4n) is 5.13. The first-order valence-electron chi connectivity index (χ1n) is 12.0. The number of piperazine rings is 1. The Kier molecular flexibility index (Phi) is 8.27. The van der Waals surface area contributed by atoms with Crippen LogP contribution >= 0.6 is 11.6 Å². The number of halogens is 5. The molecule has 0 radical (unpaired) electrons.